The van der Waals surface area contributed by atoms with E-state index in [9.17, 15) is 8.42 Å². The molecule has 1 aromatic rings. The fourth-order valence-corrected chi connectivity index (χ4v) is 3.93. The zero-order valence-corrected chi connectivity index (χ0v) is 11.7. The van der Waals surface area contributed by atoms with E-state index >= 15 is 0 Å². The predicted molar refractivity (Wildman–Crippen MR) is 70.7 cm³/mol. The van der Waals surface area contributed by atoms with Crippen molar-refractivity contribution in [3.8, 4) is 0 Å². The topological polar surface area (TPSA) is 78.0 Å². The molecular formula is C12H21N3O2S. The second kappa shape index (κ2) is 5.01. The number of nitrogens with zero attached hydrogens (tertiary/aromatic N) is 2. The molecule has 102 valence electrons. The molecule has 0 spiro atoms. The lowest BCUT2D eigenvalue weighted by atomic mass is 9.83. The Bertz CT molecular complexity index is 509. The molecule has 2 N–H and O–H groups in total. The maximum absolute atomic E-state index is 11.6. The molecule has 0 aliphatic heterocycles. The number of aromatic nitrogens is 2. The van der Waals surface area contributed by atoms with Crippen molar-refractivity contribution < 1.29 is 8.42 Å². The Balaban J connectivity index is 2.09. The van der Waals surface area contributed by atoms with Crippen molar-refractivity contribution >= 4 is 9.84 Å². The summed E-state index contributed by atoms with van der Waals surface area (Å²) in [5.74, 6) is 0.216. The minimum absolute atomic E-state index is 0.157. The average Bonchev–Trinajstić information content (AvgIpc) is 2.74. The van der Waals surface area contributed by atoms with E-state index < -0.39 is 9.84 Å². The number of rotatable bonds is 3. The van der Waals surface area contributed by atoms with Gasteiger partial charge in [-0.1, -0.05) is 6.42 Å². The van der Waals surface area contributed by atoms with Crippen LogP contribution < -0.4 is 5.73 Å². The fourth-order valence-electron chi connectivity index (χ4n) is 2.74. The van der Waals surface area contributed by atoms with Gasteiger partial charge in [-0.3, -0.25) is 0 Å². The standard InChI is InChI=1S/C12H21N3O2S/c1-15-7-11(14-8-15)12(13)9-4-3-5-10(6-9)18(2,16)17/h7-10,12H,3-6,13H2,1-2H3. The van der Waals surface area contributed by atoms with Gasteiger partial charge in [0.05, 0.1) is 23.3 Å². The van der Waals surface area contributed by atoms with Gasteiger partial charge in [0.25, 0.3) is 0 Å². The van der Waals surface area contributed by atoms with E-state index in [0.717, 1.165) is 25.0 Å². The molecule has 3 unspecified atom stereocenters. The minimum Gasteiger partial charge on any atom is -0.340 e. The van der Waals surface area contributed by atoms with Gasteiger partial charge in [0.1, 0.15) is 9.84 Å². The third kappa shape index (κ3) is 2.92. The molecule has 1 aromatic heterocycles. The molecule has 3 atom stereocenters. The van der Waals surface area contributed by atoms with Crippen LogP contribution in [0.4, 0.5) is 0 Å². The molecule has 0 radical (unpaired) electrons. The Morgan fingerprint density at radius 1 is 1.50 bits per heavy atom. The molecule has 2 rings (SSSR count). The zero-order chi connectivity index (χ0) is 13.3. The maximum atomic E-state index is 11.6. The SMILES string of the molecule is Cn1cnc(C(N)C2CCCC(S(C)(=O)=O)C2)c1. The van der Waals surface area contributed by atoms with Crippen molar-refractivity contribution in [2.24, 2.45) is 18.7 Å². The second-order valence-electron chi connectivity index (χ2n) is 5.37. The Hall–Kier alpha value is -0.880. The normalized spacial score (nSPS) is 27.1. The molecule has 1 fully saturated rings. The quantitative estimate of drug-likeness (QED) is 0.890. The third-order valence-corrected chi connectivity index (χ3v) is 5.49. The van der Waals surface area contributed by atoms with Crippen molar-refractivity contribution in [3.63, 3.8) is 0 Å². The summed E-state index contributed by atoms with van der Waals surface area (Å²) in [5.41, 5.74) is 7.08. The van der Waals surface area contributed by atoms with Crippen LogP contribution in [0, 0.1) is 5.92 Å². The highest BCUT2D eigenvalue weighted by molar-refractivity contribution is 7.91. The zero-order valence-electron chi connectivity index (χ0n) is 10.9. The van der Waals surface area contributed by atoms with Crippen molar-refractivity contribution in [2.45, 2.75) is 37.0 Å². The van der Waals surface area contributed by atoms with Gasteiger partial charge in [0.15, 0.2) is 0 Å². The summed E-state index contributed by atoms with van der Waals surface area (Å²) in [6.45, 7) is 0. The first-order valence-electron chi connectivity index (χ1n) is 6.30. The van der Waals surface area contributed by atoms with Crippen molar-refractivity contribution in [1.82, 2.24) is 9.55 Å². The molecule has 0 saturated heterocycles. The largest absolute Gasteiger partial charge is 0.340 e. The van der Waals surface area contributed by atoms with E-state index in [2.05, 4.69) is 4.98 Å². The van der Waals surface area contributed by atoms with E-state index in [0.29, 0.717) is 6.42 Å². The highest BCUT2D eigenvalue weighted by Gasteiger charge is 2.32. The number of hydrogen-bond donors (Lipinski definition) is 1. The van der Waals surface area contributed by atoms with Gasteiger partial charge in [0.2, 0.25) is 0 Å². The first kappa shape index (κ1) is 13.5. The molecule has 1 heterocycles. The van der Waals surface area contributed by atoms with Crippen LogP contribution in [-0.4, -0.2) is 29.5 Å². The van der Waals surface area contributed by atoms with Crippen LogP contribution in [0.15, 0.2) is 12.5 Å². The molecule has 0 bridgehead atoms. The predicted octanol–water partition coefficient (Wildman–Crippen LogP) is 1.02. The molecular weight excluding hydrogens is 250 g/mol. The Morgan fingerprint density at radius 3 is 2.78 bits per heavy atom. The highest BCUT2D eigenvalue weighted by atomic mass is 32.2. The first-order valence-corrected chi connectivity index (χ1v) is 8.25. The lowest BCUT2D eigenvalue weighted by Gasteiger charge is -2.31. The van der Waals surface area contributed by atoms with Crippen LogP contribution in [0.25, 0.3) is 0 Å². The van der Waals surface area contributed by atoms with Crippen LogP contribution in [0.1, 0.15) is 37.4 Å². The van der Waals surface area contributed by atoms with Gasteiger partial charge < -0.3 is 10.3 Å². The fraction of sp³-hybridized carbons (Fsp3) is 0.750. The van der Waals surface area contributed by atoms with Crippen LogP contribution in [0.5, 0.6) is 0 Å². The lowest BCUT2D eigenvalue weighted by molar-refractivity contribution is 0.306. The Labute approximate surface area is 108 Å². The van der Waals surface area contributed by atoms with Crippen molar-refractivity contribution in [3.05, 3.63) is 18.2 Å². The van der Waals surface area contributed by atoms with E-state index in [-0.39, 0.29) is 17.2 Å². The summed E-state index contributed by atoms with van der Waals surface area (Å²) < 4.78 is 25.1. The Morgan fingerprint density at radius 2 is 2.22 bits per heavy atom. The molecule has 1 aliphatic rings. The molecule has 5 nitrogen and oxygen atoms in total. The number of aryl methyl sites for hydroxylation is 1. The van der Waals surface area contributed by atoms with Gasteiger partial charge in [-0.2, -0.15) is 0 Å². The summed E-state index contributed by atoms with van der Waals surface area (Å²) >= 11 is 0. The molecule has 18 heavy (non-hydrogen) atoms. The van der Waals surface area contributed by atoms with Gasteiger partial charge >= 0.3 is 0 Å². The van der Waals surface area contributed by atoms with E-state index in [1.807, 2.05) is 17.8 Å². The maximum Gasteiger partial charge on any atom is 0.150 e. The Kier molecular flexibility index (Phi) is 3.77. The molecule has 1 aliphatic carbocycles. The summed E-state index contributed by atoms with van der Waals surface area (Å²) in [4.78, 5) is 4.27. The average molecular weight is 271 g/mol. The van der Waals surface area contributed by atoms with Crippen LogP contribution >= 0.6 is 0 Å². The second-order valence-corrected chi connectivity index (χ2v) is 7.69. The van der Waals surface area contributed by atoms with Crippen LogP contribution in [-0.2, 0) is 16.9 Å². The van der Waals surface area contributed by atoms with E-state index in [1.165, 1.54) is 6.26 Å². The highest BCUT2D eigenvalue weighted by Crippen LogP contribution is 2.34. The van der Waals surface area contributed by atoms with Crippen LogP contribution in [0.3, 0.4) is 0 Å². The molecule has 0 aromatic carbocycles. The van der Waals surface area contributed by atoms with E-state index in [4.69, 9.17) is 5.73 Å². The van der Waals surface area contributed by atoms with Crippen molar-refractivity contribution in [1.29, 1.82) is 0 Å². The van der Waals surface area contributed by atoms with E-state index in [1.54, 1.807) is 6.33 Å². The van der Waals surface area contributed by atoms with Crippen LogP contribution in [0.2, 0.25) is 0 Å². The minimum atomic E-state index is -2.95. The third-order valence-electron chi connectivity index (χ3n) is 3.85. The summed E-state index contributed by atoms with van der Waals surface area (Å²) in [7, 11) is -1.04. The molecule has 1 saturated carbocycles. The number of sulfone groups is 1. The summed E-state index contributed by atoms with van der Waals surface area (Å²) in [5, 5.41) is -0.231. The first-order chi connectivity index (χ1) is 8.38. The molecule has 6 heteroatoms. The summed E-state index contributed by atoms with van der Waals surface area (Å²) in [6.07, 6.45) is 8.32. The number of imidazole rings is 1. The van der Waals surface area contributed by atoms with Gasteiger partial charge in [-0.05, 0) is 25.2 Å². The summed E-state index contributed by atoms with van der Waals surface area (Å²) in [6, 6.07) is -0.157. The molecule has 0 amide bonds. The van der Waals surface area contributed by atoms with Gasteiger partial charge in [-0.25, -0.2) is 13.4 Å². The monoisotopic (exact) mass is 271 g/mol. The number of hydrogen-bond acceptors (Lipinski definition) is 4. The van der Waals surface area contributed by atoms with Gasteiger partial charge in [0, 0.05) is 19.5 Å². The smallest absolute Gasteiger partial charge is 0.150 e. The number of nitrogens with two attached hydrogens (primary N) is 1. The lowest BCUT2D eigenvalue weighted by Crippen LogP contribution is -2.33. The van der Waals surface area contributed by atoms with Crippen molar-refractivity contribution in [2.75, 3.05) is 6.26 Å². The van der Waals surface area contributed by atoms with Gasteiger partial charge in [-0.15, -0.1) is 0 Å².